The molecule has 1 heterocycles. The third-order valence-corrected chi connectivity index (χ3v) is 4.17. The number of rotatable bonds is 6. The lowest BCUT2D eigenvalue weighted by atomic mass is 10.0. The first-order valence-electron chi connectivity index (χ1n) is 6.37. The standard InChI is InChI=1S/C13H23BrN2O/c1-5-16-11(13(14)10(4)15-16)7-6-8-12(17)9(2)3/h9,12,17H,5-8H2,1-4H3. The van der Waals surface area contributed by atoms with Crippen molar-refractivity contribution in [2.45, 2.75) is 59.6 Å². The molecule has 0 aliphatic rings. The quantitative estimate of drug-likeness (QED) is 0.875. The highest BCUT2D eigenvalue weighted by molar-refractivity contribution is 9.10. The Morgan fingerprint density at radius 1 is 1.41 bits per heavy atom. The second-order valence-corrected chi connectivity index (χ2v) is 5.66. The summed E-state index contributed by atoms with van der Waals surface area (Å²) < 4.78 is 3.17. The molecule has 0 saturated heterocycles. The van der Waals surface area contributed by atoms with E-state index in [-0.39, 0.29) is 6.10 Å². The monoisotopic (exact) mass is 302 g/mol. The molecule has 0 aromatic carbocycles. The maximum absolute atomic E-state index is 9.77. The molecule has 1 aromatic rings. The zero-order chi connectivity index (χ0) is 13.0. The summed E-state index contributed by atoms with van der Waals surface area (Å²) >= 11 is 3.59. The molecule has 0 radical (unpaired) electrons. The SMILES string of the molecule is CCn1nc(C)c(Br)c1CCCC(O)C(C)C. The minimum Gasteiger partial charge on any atom is -0.393 e. The maximum atomic E-state index is 9.77. The predicted molar refractivity (Wildman–Crippen MR) is 74.1 cm³/mol. The molecule has 3 nitrogen and oxygen atoms in total. The van der Waals surface area contributed by atoms with Gasteiger partial charge in [0.25, 0.3) is 0 Å². The summed E-state index contributed by atoms with van der Waals surface area (Å²) in [5.74, 6) is 0.344. The van der Waals surface area contributed by atoms with Crippen LogP contribution in [0.15, 0.2) is 4.47 Å². The van der Waals surface area contributed by atoms with E-state index in [4.69, 9.17) is 0 Å². The molecule has 1 aromatic heterocycles. The minimum absolute atomic E-state index is 0.187. The van der Waals surface area contributed by atoms with E-state index in [1.165, 1.54) is 5.69 Å². The van der Waals surface area contributed by atoms with Crippen molar-refractivity contribution in [3.05, 3.63) is 15.9 Å². The fourth-order valence-corrected chi connectivity index (χ4v) is 2.40. The minimum atomic E-state index is -0.187. The molecule has 17 heavy (non-hydrogen) atoms. The fraction of sp³-hybridized carbons (Fsp3) is 0.769. The molecule has 0 amide bonds. The van der Waals surface area contributed by atoms with Crippen LogP contribution >= 0.6 is 15.9 Å². The average molecular weight is 303 g/mol. The molecule has 98 valence electrons. The van der Waals surface area contributed by atoms with Crippen molar-refractivity contribution in [1.82, 2.24) is 9.78 Å². The van der Waals surface area contributed by atoms with Crippen molar-refractivity contribution in [3.8, 4) is 0 Å². The van der Waals surface area contributed by atoms with Crippen LogP contribution in [0.25, 0.3) is 0 Å². The predicted octanol–water partition coefficient (Wildman–Crippen LogP) is 3.31. The summed E-state index contributed by atoms with van der Waals surface area (Å²) in [5, 5.41) is 14.2. The van der Waals surface area contributed by atoms with Gasteiger partial charge in [0.2, 0.25) is 0 Å². The van der Waals surface area contributed by atoms with Gasteiger partial charge < -0.3 is 5.11 Å². The number of halogens is 1. The zero-order valence-electron chi connectivity index (χ0n) is 11.2. The summed E-state index contributed by atoms with van der Waals surface area (Å²) in [6, 6.07) is 0. The van der Waals surface area contributed by atoms with Gasteiger partial charge in [0.15, 0.2) is 0 Å². The second kappa shape index (κ2) is 6.55. The van der Waals surface area contributed by atoms with E-state index in [1.54, 1.807) is 0 Å². The number of aromatic nitrogens is 2. The summed E-state index contributed by atoms with van der Waals surface area (Å²) in [6.07, 6.45) is 2.65. The number of aliphatic hydroxyl groups excluding tert-OH is 1. The van der Waals surface area contributed by atoms with Crippen molar-refractivity contribution in [1.29, 1.82) is 0 Å². The Balaban J connectivity index is 2.57. The molecule has 1 N–H and O–H groups in total. The molecular formula is C13H23BrN2O. The Hall–Kier alpha value is -0.350. The van der Waals surface area contributed by atoms with E-state index >= 15 is 0 Å². The first-order chi connectivity index (χ1) is 7.97. The highest BCUT2D eigenvalue weighted by Crippen LogP contribution is 2.23. The second-order valence-electron chi connectivity index (χ2n) is 4.87. The zero-order valence-corrected chi connectivity index (χ0v) is 12.8. The lowest BCUT2D eigenvalue weighted by Crippen LogP contribution is -2.15. The van der Waals surface area contributed by atoms with Gasteiger partial charge in [-0.05, 0) is 55.0 Å². The van der Waals surface area contributed by atoms with Gasteiger partial charge >= 0.3 is 0 Å². The maximum Gasteiger partial charge on any atom is 0.0738 e. The van der Waals surface area contributed by atoms with Crippen LogP contribution in [-0.2, 0) is 13.0 Å². The Morgan fingerprint density at radius 3 is 2.59 bits per heavy atom. The highest BCUT2D eigenvalue weighted by Gasteiger charge is 2.13. The van der Waals surface area contributed by atoms with E-state index in [0.717, 1.165) is 36.0 Å². The van der Waals surface area contributed by atoms with E-state index in [1.807, 2.05) is 11.6 Å². The van der Waals surface area contributed by atoms with E-state index in [9.17, 15) is 5.11 Å². The van der Waals surface area contributed by atoms with Crippen LogP contribution in [0.2, 0.25) is 0 Å². The molecule has 4 heteroatoms. The average Bonchev–Trinajstić information content (AvgIpc) is 2.56. The molecule has 0 aliphatic carbocycles. The van der Waals surface area contributed by atoms with Crippen molar-refractivity contribution < 1.29 is 5.11 Å². The van der Waals surface area contributed by atoms with E-state index in [0.29, 0.717) is 5.92 Å². The Morgan fingerprint density at radius 2 is 2.06 bits per heavy atom. The van der Waals surface area contributed by atoms with Gasteiger partial charge in [0.05, 0.1) is 22.0 Å². The van der Waals surface area contributed by atoms with E-state index in [2.05, 4.69) is 41.8 Å². The molecular weight excluding hydrogens is 280 g/mol. The molecule has 0 bridgehead atoms. The van der Waals surface area contributed by atoms with Crippen molar-refractivity contribution in [2.24, 2.45) is 5.92 Å². The molecule has 1 rings (SSSR count). The van der Waals surface area contributed by atoms with Crippen molar-refractivity contribution >= 4 is 15.9 Å². The van der Waals surface area contributed by atoms with Gasteiger partial charge in [-0.3, -0.25) is 4.68 Å². The third kappa shape index (κ3) is 3.81. The van der Waals surface area contributed by atoms with Gasteiger partial charge in [-0.15, -0.1) is 0 Å². The van der Waals surface area contributed by atoms with Crippen molar-refractivity contribution in [2.75, 3.05) is 0 Å². The molecule has 1 atom stereocenters. The molecule has 0 aliphatic heterocycles. The van der Waals surface area contributed by atoms with Crippen LogP contribution < -0.4 is 0 Å². The molecule has 1 unspecified atom stereocenters. The molecule has 0 spiro atoms. The Kier molecular flexibility index (Phi) is 5.67. The number of aliphatic hydroxyl groups is 1. The normalized spacial score (nSPS) is 13.4. The van der Waals surface area contributed by atoms with Gasteiger partial charge in [-0.25, -0.2) is 0 Å². The van der Waals surface area contributed by atoms with Gasteiger partial charge in [0, 0.05) is 6.54 Å². The van der Waals surface area contributed by atoms with Gasteiger partial charge in [-0.2, -0.15) is 5.10 Å². The highest BCUT2D eigenvalue weighted by atomic mass is 79.9. The van der Waals surface area contributed by atoms with Crippen molar-refractivity contribution in [3.63, 3.8) is 0 Å². The van der Waals surface area contributed by atoms with Gasteiger partial charge in [-0.1, -0.05) is 13.8 Å². The fourth-order valence-electron chi connectivity index (χ4n) is 1.92. The largest absolute Gasteiger partial charge is 0.393 e. The van der Waals surface area contributed by atoms with Crippen LogP contribution in [0.5, 0.6) is 0 Å². The first-order valence-corrected chi connectivity index (χ1v) is 7.16. The number of nitrogens with zero attached hydrogens (tertiary/aromatic N) is 2. The lowest BCUT2D eigenvalue weighted by Gasteiger charge is -2.14. The summed E-state index contributed by atoms with van der Waals surface area (Å²) in [4.78, 5) is 0. The molecule has 0 saturated carbocycles. The molecule has 0 fully saturated rings. The number of hydrogen-bond acceptors (Lipinski definition) is 2. The van der Waals surface area contributed by atoms with Crippen LogP contribution in [-0.4, -0.2) is 21.0 Å². The first kappa shape index (κ1) is 14.7. The number of hydrogen-bond donors (Lipinski definition) is 1. The summed E-state index contributed by atoms with van der Waals surface area (Å²) in [5.41, 5.74) is 2.30. The van der Waals surface area contributed by atoms with E-state index < -0.39 is 0 Å². The van der Waals surface area contributed by atoms with Crippen LogP contribution in [0.4, 0.5) is 0 Å². The van der Waals surface area contributed by atoms with Crippen LogP contribution in [0.3, 0.4) is 0 Å². The van der Waals surface area contributed by atoms with Gasteiger partial charge in [0.1, 0.15) is 0 Å². The third-order valence-electron chi connectivity index (χ3n) is 3.14. The smallest absolute Gasteiger partial charge is 0.0738 e. The topological polar surface area (TPSA) is 38.0 Å². The summed E-state index contributed by atoms with van der Waals surface area (Å²) in [6.45, 7) is 9.13. The van der Waals surface area contributed by atoms with Crippen LogP contribution in [0.1, 0.15) is 45.0 Å². The number of aryl methyl sites for hydroxylation is 2. The Bertz CT molecular complexity index is 361. The van der Waals surface area contributed by atoms with Crippen LogP contribution in [0, 0.1) is 12.8 Å². The lowest BCUT2D eigenvalue weighted by molar-refractivity contribution is 0.114. The Labute approximate surface area is 112 Å². The summed E-state index contributed by atoms with van der Waals surface area (Å²) in [7, 11) is 0.